The van der Waals surface area contributed by atoms with Crippen LogP contribution in [0, 0.1) is 37.7 Å². The summed E-state index contributed by atoms with van der Waals surface area (Å²) in [4.78, 5) is 10.1. The monoisotopic (exact) mass is 164 g/mol. The van der Waals surface area contributed by atoms with Crippen molar-refractivity contribution in [3.05, 3.63) is 24.0 Å². The van der Waals surface area contributed by atoms with Gasteiger partial charge in [-0.3, -0.25) is 0 Å². The fourth-order valence-corrected chi connectivity index (χ4v) is 0.416. The molecule has 0 aliphatic heterocycles. The average Bonchev–Trinajstić information content (AvgIpc) is 1.90. The molecule has 0 saturated heterocycles. The van der Waals surface area contributed by atoms with Crippen molar-refractivity contribution in [2.24, 2.45) is 0 Å². The molecular weight excluding hydrogens is 160 g/mol. The van der Waals surface area contributed by atoms with E-state index in [1.165, 1.54) is 18.3 Å². The molecule has 4 nitrogen and oxygen atoms in total. The number of hydrogen-bond acceptors (Lipinski definition) is 3. The third kappa shape index (κ3) is 2.60. The van der Waals surface area contributed by atoms with Gasteiger partial charge in [0.1, 0.15) is 0 Å². The van der Waals surface area contributed by atoms with Gasteiger partial charge in [-0.1, -0.05) is 0 Å². The van der Waals surface area contributed by atoms with Crippen LogP contribution in [-0.4, -0.2) is 21.3 Å². The van der Waals surface area contributed by atoms with Gasteiger partial charge in [0.2, 0.25) is 0 Å². The Hall–Kier alpha value is -0.190. The minimum atomic E-state index is -1.05. The summed E-state index contributed by atoms with van der Waals surface area (Å²) < 4.78 is 0. The summed E-state index contributed by atoms with van der Waals surface area (Å²) >= 11 is 0. The van der Waals surface area contributed by atoms with Crippen LogP contribution in [0.25, 0.3) is 0 Å². The molecule has 0 bridgehead atoms. The minimum Gasteiger partial charge on any atom is -0.476 e. The van der Waals surface area contributed by atoms with Crippen LogP contribution in [0.5, 0.6) is 0 Å². The second kappa shape index (κ2) is 4.60. The molecule has 0 fully saturated rings. The van der Waals surface area contributed by atoms with Crippen molar-refractivity contribution in [2.45, 2.75) is 0 Å². The molecule has 1 aromatic heterocycles. The van der Waals surface area contributed by atoms with Crippen LogP contribution in [0.1, 0.15) is 10.5 Å². The van der Waals surface area contributed by atoms with Crippen molar-refractivity contribution in [2.75, 3.05) is 0 Å². The second-order valence-corrected chi connectivity index (χ2v) is 1.41. The van der Waals surface area contributed by atoms with Crippen LogP contribution in [-0.2, 0) is 0 Å². The maximum absolute atomic E-state index is 10.1. The molecule has 0 spiro atoms. The Labute approximate surface area is 87.3 Å². The largest absolute Gasteiger partial charge is 0.476 e. The van der Waals surface area contributed by atoms with Crippen molar-refractivity contribution in [1.82, 2.24) is 10.2 Å². The van der Waals surface area contributed by atoms with E-state index in [1.807, 2.05) is 0 Å². The van der Waals surface area contributed by atoms with E-state index in [9.17, 15) is 4.79 Å². The Morgan fingerprint density at radius 3 is 2.60 bits per heavy atom. The second-order valence-electron chi connectivity index (χ2n) is 1.41. The van der Waals surface area contributed by atoms with Crippen LogP contribution in [0.15, 0.2) is 18.3 Å². The van der Waals surface area contributed by atoms with Crippen molar-refractivity contribution < 1.29 is 47.6 Å². The van der Waals surface area contributed by atoms with Gasteiger partial charge in [0.05, 0.1) is 0 Å². The standard InChI is InChI=1S/C5H4N2O2.Ar/c8-5(9)4-2-1-3-6-7-4;/h1-3H,(H,8,9);. The molecule has 1 rings (SSSR count). The fraction of sp³-hybridized carbons (Fsp3) is 0. The van der Waals surface area contributed by atoms with Gasteiger partial charge in [0.25, 0.3) is 0 Å². The van der Waals surface area contributed by atoms with Gasteiger partial charge in [0.15, 0.2) is 5.69 Å². The molecule has 54 valence electrons. The number of nitrogens with zero attached hydrogens (tertiary/aromatic N) is 2. The molecule has 0 aliphatic carbocycles. The summed E-state index contributed by atoms with van der Waals surface area (Å²) in [7, 11) is 0. The summed E-state index contributed by atoms with van der Waals surface area (Å²) in [6.07, 6.45) is 1.42. The van der Waals surface area contributed by atoms with E-state index in [-0.39, 0.29) is 43.4 Å². The van der Waals surface area contributed by atoms with Crippen molar-refractivity contribution in [1.29, 1.82) is 0 Å². The SMILES string of the molecule is O=C(O)c1cccnn1.[Ar]. The minimum absolute atomic E-state index is 0. The summed E-state index contributed by atoms with van der Waals surface area (Å²) in [5.74, 6) is -1.05. The molecule has 1 heterocycles. The van der Waals surface area contributed by atoms with E-state index in [1.54, 1.807) is 0 Å². The fourth-order valence-electron chi connectivity index (χ4n) is 0.416. The Morgan fingerprint density at radius 2 is 2.30 bits per heavy atom. The molecule has 0 unspecified atom stereocenters. The first-order valence-corrected chi connectivity index (χ1v) is 2.31. The van der Waals surface area contributed by atoms with Crippen LogP contribution >= 0.6 is 0 Å². The van der Waals surface area contributed by atoms with Gasteiger partial charge in [-0.15, -0.1) is 5.10 Å². The molecule has 0 amide bonds. The van der Waals surface area contributed by atoms with Crippen LogP contribution in [0.2, 0.25) is 0 Å². The molecule has 10 heavy (non-hydrogen) atoms. The van der Waals surface area contributed by atoms with E-state index < -0.39 is 5.97 Å². The smallest absolute Gasteiger partial charge is 0.356 e. The Kier molecular flexibility index (Phi) is 4.51. The molecule has 1 aromatic rings. The summed E-state index contributed by atoms with van der Waals surface area (Å²) in [5, 5.41) is 15.0. The molecule has 0 aromatic carbocycles. The Morgan fingerprint density at radius 1 is 1.60 bits per heavy atom. The molecule has 1 N–H and O–H groups in total. The predicted molar refractivity (Wildman–Crippen MR) is 29.0 cm³/mol. The first kappa shape index (κ1) is 9.81. The zero-order chi connectivity index (χ0) is 6.69. The zero-order valence-corrected chi connectivity index (χ0v) is 5.54. The first-order valence-electron chi connectivity index (χ1n) is 2.31. The summed E-state index contributed by atoms with van der Waals surface area (Å²) in [6.45, 7) is 0. The topological polar surface area (TPSA) is 63.1 Å². The predicted octanol–water partition coefficient (Wildman–Crippen LogP) is 0.175. The number of hydrogen-bond donors (Lipinski definition) is 1. The molecule has 0 radical (unpaired) electrons. The third-order valence-corrected chi connectivity index (χ3v) is 0.791. The normalized spacial score (nSPS) is 8.00. The van der Waals surface area contributed by atoms with E-state index in [0.717, 1.165) is 0 Å². The van der Waals surface area contributed by atoms with Gasteiger partial charge in [0, 0.05) is 43.9 Å². The summed E-state index contributed by atoms with van der Waals surface area (Å²) in [6, 6.07) is 2.91. The number of carboxylic acids is 1. The number of aromatic carboxylic acids is 1. The van der Waals surface area contributed by atoms with Crippen molar-refractivity contribution in [3.63, 3.8) is 0 Å². The number of aromatic nitrogens is 2. The first-order chi connectivity index (χ1) is 4.30. The molecule has 5 heteroatoms. The Balaban J connectivity index is 0.000000810. The van der Waals surface area contributed by atoms with Crippen LogP contribution < -0.4 is 0 Å². The quantitative estimate of drug-likeness (QED) is 0.642. The average molecular weight is 164 g/mol. The van der Waals surface area contributed by atoms with Gasteiger partial charge in [-0.05, 0) is 12.1 Å². The maximum atomic E-state index is 10.1. The number of carbonyl (C=O) groups is 1. The van der Waals surface area contributed by atoms with E-state index >= 15 is 0 Å². The zero-order valence-electron chi connectivity index (χ0n) is 4.84. The van der Waals surface area contributed by atoms with Gasteiger partial charge in [-0.2, -0.15) is 5.10 Å². The van der Waals surface area contributed by atoms with Gasteiger partial charge in [-0.25, -0.2) is 4.79 Å². The van der Waals surface area contributed by atoms with Crippen molar-refractivity contribution in [3.8, 4) is 0 Å². The molecule has 0 aliphatic rings. The third-order valence-electron chi connectivity index (χ3n) is 0.791. The van der Waals surface area contributed by atoms with Gasteiger partial charge < -0.3 is 5.11 Å². The number of rotatable bonds is 1. The van der Waals surface area contributed by atoms with E-state index in [2.05, 4.69) is 10.2 Å². The maximum Gasteiger partial charge on any atom is 0.356 e. The summed E-state index contributed by atoms with van der Waals surface area (Å²) in [5.41, 5.74) is -0.0301. The van der Waals surface area contributed by atoms with E-state index in [0.29, 0.717) is 0 Å². The van der Waals surface area contributed by atoms with E-state index in [4.69, 9.17) is 5.11 Å². The molecule has 0 saturated carbocycles. The molecular formula is C5H4ArN2O2. The Bertz CT molecular complexity index is 214. The van der Waals surface area contributed by atoms with Crippen molar-refractivity contribution >= 4 is 5.97 Å². The molecule has 0 atom stereocenters. The number of carboxylic acid groups (broad SMARTS) is 1. The van der Waals surface area contributed by atoms with Crippen LogP contribution in [0.4, 0.5) is 0 Å². The van der Waals surface area contributed by atoms with Crippen LogP contribution in [0.3, 0.4) is 0 Å². The van der Waals surface area contributed by atoms with Gasteiger partial charge >= 0.3 is 5.97 Å².